The molecule has 0 aliphatic rings. The van der Waals surface area contributed by atoms with Crippen molar-refractivity contribution in [2.45, 2.75) is 18.0 Å². The molecule has 1 aromatic carbocycles. The van der Waals surface area contributed by atoms with Crippen molar-refractivity contribution in [3.05, 3.63) is 29.8 Å². The van der Waals surface area contributed by atoms with Crippen molar-refractivity contribution in [1.29, 1.82) is 0 Å². The van der Waals surface area contributed by atoms with E-state index in [0.29, 0.717) is 0 Å². The zero-order valence-corrected chi connectivity index (χ0v) is 14.3. The van der Waals surface area contributed by atoms with Gasteiger partial charge in [-0.1, -0.05) is 0 Å². The number of sulfonamides is 1. The van der Waals surface area contributed by atoms with E-state index in [9.17, 15) is 31.2 Å². The first-order valence-corrected chi connectivity index (χ1v) is 8.48. The van der Waals surface area contributed by atoms with Crippen LogP contribution in [0.5, 0.6) is 0 Å². The summed E-state index contributed by atoms with van der Waals surface area (Å²) < 4.78 is 66.2. The second-order valence-corrected chi connectivity index (χ2v) is 6.93. The SMILES string of the molecule is CCOC(=O)CN(C)S(=O)(=O)c1ccc(C(=O)NCC(F)(F)F)cc1. The third-order valence-electron chi connectivity index (χ3n) is 2.93. The number of esters is 1. The van der Waals surface area contributed by atoms with Gasteiger partial charge in [-0.05, 0) is 31.2 Å². The minimum Gasteiger partial charge on any atom is -0.465 e. The number of amides is 1. The van der Waals surface area contributed by atoms with Gasteiger partial charge < -0.3 is 10.1 Å². The molecule has 1 amide bonds. The van der Waals surface area contributed by atoms with Crippen LogP contribution in [0.3, 0.4) is 0 Å². The Morgan fingerprint density at radius 1 is 1.20 bits per heavy atom. The summed E-state index contributed by atoms with van der Waals surface area (Å²) in [6.07, 6.45) is -4.55. The van der Waals surface area contributed by atoms with E-state index in [-0.39, 0.29) is 17.1 Å². The maximum Gasteiger partial charge on any atom is 0.405 e. The van der Waals surface area contributed by atoms with Crippen LogP contribution in [0.1, 0.15) is 17.3 Å². The van der Waals surface area contributed by atoms with E-state index in [4.69, 9.17) is 0 Å². The number of ether oxygens (including phenoxy) is 1. The van der Waals surface area contributed by atoms with E-state index >= 15 is 0 Å². The van der Waals surface area contributed by atoms with Gasteiger partial charge in [-0.25, -0.2) is 8.42 Å². The molecule has 0 unspecified atom stereocenters. The Bertz CT molecular complexity index is 717. The molecule has 0 aliphatic heterocycles. The van der Waals surface area contributed by atoms with Gasteiger partial charge in [-0.15, -0.1) is 0 Å². The van der Waals surface area contributed by atoms with E-state index in [1.54, 1.807) is 12.2 Å². The van der Waals surface area contributed by atoms with Crippen molar-refractivity contribution in [1.82, 2.24) is 9.62 Å². The molecule has 0 radical (unpaired) electrons. The van der Waals surface area contributed by atoms with Gasteiger partial charge >= 0.3 is 12.1 Å². The lowest BCUT2D eigenvalue weighted by Crippen LogP contribution is -2.34. The molecule has 1 N–H and O–H groups in total. The number of carbonyl (C=O) groups excluding carboxylic acids is 2. The van der Waals surface area contributed by atoms with Gasteiger partial charge in [-0.2, -0.15) is 17.5 Å². The van der Waals surface area contributed by atoms with Crippen LogP contribution < -0.4 is 5.32 Å². The summed E-state index contributed by atoms with van der Waals surface area (Å²) in [5.41, 5.74) is -0.128. The van der Waals surface area contributed by atoms with E-state index in [1.807, 2.05) is 0 Å². The highest BCUT2D eigenvalue weighted by Crippen LogP contribution is 2.16. The molecule has 25 heavy (non-hydrogen) atoms. The molecule has 0 bridgehead atoms. The molecule has 0 saturated heterocycles. The second kappa shape index (κ2) is 8.30. The minimum atomic E-state index is -4.55. The highest BCUT2D eigenvalue weighted by atomic mass is 32.2. The lowest BCUT2D eigenvalue weighted by molar-refractivity contribution is -0.143. The Morgan fingerprint density at radius 2 is 1.76 bits per heavy atom. The zero-order valence-electron chi connectivity index (χ0n) is 13.5. The Hall–Kier alpha value is -2.14. The lowest BCUT2D eigenvalue weighted by atomic mass is 10.2. The van der Waals surface area contributed by atoms with E-state index < -0.39 is 41.2 Å². The van der Waals surface area contributed by atoms with Crippen LogP contribution in [0.2, 0.25) is 0 Å². The average molecular weight is 382 g/mol. The predicted octanol–water partition coefficient (Wildman–Crippen LogP) is 1.16. The summed E-state index contributed by atoms with van der Waals surface area (Å²) in [5, 5.41) is 1.68. The van der Waals surface area contributed by atoms with Crippen molar-refractivity contribution in [3.63, 3.8) is 0 Å². The predicted molar refractivity (Wildman–Crippen MR) is 81.3 cm³/mol. The number of hydrogen-bond acceptors (Lipinski definition) is 5. The maximum absolute atomic E-state index is 12.3. The van der Waals surface area contributed by atoms with Crippen LogP contribution in [-0.2, 0) is 19.6 Å². The molecule has 0 saturated carbocycles. The fourth-order valence-corrected chi connectivity index (χ4v) is 2.83. The van der Waals surface area contributed by atoms with Crippen LogP contribution in [0, 0.1) is 0 Å². The Kier molecular flexibility index (Phi) is 6.94. The van der Waals surface area contributed by atoms with Gasteiger partial charge in [0.25, 0.3) is 5.91 Å². The number of likely N-dealkylation sites (N-methyl/N-ethyl adjacent to an activating group) is 1. The standard InChI is InChI=1S/C14H17F3N2O5S/c1-3-24-12(20)8-19(2)25(22,23)11-6-4-10(5-7-11)13(21)18-9-14(15,16)17/h4-7H,3,8-9H2,1-2H3,(H,18,21). The molecular weight excluding hydrogens is 365 g/mol. The van der Waals surface area contributed by atoms with Crippen molar-refractivity contribution in [3.8, 4) is 0 Å². The summed E-state index contributed by atoms with van der Waals surface area (Å²) in [6.45, 7) is -0.304. The number of nitrogens with one attached hydrogen (secondary N) is 1. The first-order valence-electron chi connectivity index (χ1n) is 7.04. The molecular formula is C14H17F3N2O5S. The lowest BCUT2D eigenvalue weighted by Gasteiger charge is -2.16. The molecule has 11 heteroatoms. The molecule has 1 aromatic rings. The van der Waals surface area contributed by atoms with Crippen molar-refractivity contribution in [2.75, 3.05) is 26.7 Å². The summed E-state index contributed by atoms with van der Waals surface area (Å²) in [5.74, 6) is -1.71. The van der Waals surface area contributed by atoms with Crippen LogP contribution in [0.25, 0.3) is 0 Å². The summed E-state index contributed by atoms with van der Waals surface area (Å²) in [7, 11) is -2.83. The summed E-state index contributed by atoms with van der Waals surface area (Å²) >= 11 is 0. The van der Waals surface area contributed by atoms with Gasteiger partial charge in [0, 0.05) is 12.6 Å². The van der Waals surface area contributed by atoms with E-state index in [1.165, 1.54) is 7.05 Å². The van der Waals surface area contributed by atoms with Gasteiger partial charge in [0.05, 0.1) is 11.5 Å². The van der Waals surface area contributed by atoms with Crippen molar-refractivity contribution >= 4 is 21.9 Å². The zero-order chi connectivity index (χ0) is 19.3. The van der Waals surface area contributed by atoms with Crippen LogP contribution >= 0.6 is 0 Å². The minimum absolute atomic E-state index is 0.106. The number of benzene rings is 1. The van der Waals surface area contributed by atoms with Crippen LogP contribution in [0.4, 0.5) is 13.2 Å². The average Bonchev–Trinajstić information content (AvgIpc) is 2.52. The smallest absolute Gasteiger partial charge is 0.405 e. The number of rotatable bonds is 7. The molecule has 0 aromatic heterocycles. The quantitative estimate of drug-likeness (QED) is 0.715. The third-order valence-corrected chi connectivity index (χ3v) is 4.75. The first-order chi connectivity index (χ1) is 11.5. The molecule has 7 nitrogen and oxygen atoms in total. The third kappa shape index (κ3) is 6.35. The molecule has 0 fully saturated rings. The maximum atomic E-state index is 12.3. The van der Waals surface area contributed by atoms with Crippen molar-refractivity contribution < 1.29 is 35.9 Å². The van der Waals surface area contributed by atoms with Gasteiger partial charge in [-0.3, -0.25) is 9.59 Å². The number of alkyl halides is 3. The monoisotopic (exact) mass is 382 g/mol. The van der Waals surface area contributed by atoms with Crippen LogP contribution in [0.15, 0.2) is 29.2 Å². The van der Waals surface area contributed by atoms with Crippen LogP contribution in [-0.4, -0.2) is 57.5 Å². The molecule has 0 heterocycles. The van der Waals surface area contributed by atoms with Gasteiger partial charge in [0.2, 0.25) is 10.0 Å². The number of nitrogens with zero attached hydrogens (tertiary/aromatic N) is 1. The molecule has 0 atom stereocenters. The Morgan fingerprint density at radius 3 is 2.24 bits per heavy atom. The fraction of sp³-hybridized carbons (Fsp3) is 0.429. The molecule has 0 aliphatic carbocycles. The number of halogens is 3. The second-order valence-electron chi connectivity index (χ2n) is 4.89. The summed E-state index contributed by atoms with van der Waals surface area (Å²) in [4.78, 5) is 22.7. The first kappa shape index (κ1) is 20.9. The van der Waals surface area contributed by atoms with E-state index in [2.05, 4.69) is 4.74 Å². The highest BCUT2D eigenvalue weighted by Gasteiger charge is 2.28. The Labute approximate surface area is 142 Å². The fourth-order valence-electron chi connectivity index (χ4n) is 1.71. The highest BCUT2D eigenvalue weighted by molar-refractivity contribution is 7.89. The van der Waals surface area contributed by atoms with Gasteiger partial charge in [0.15, 0.2) is 0 Å². The summed E-state index contributed by atoms with van der Waals surface area (Å²) in [6, 6.07) is 4.30. The Balaban J connectivity index is 2.83. The molecule has 0 spiro atoms. The number of hydrogen-bond donors (Lipinski definition) is 1. The van der Waals surface area contributed by atoms with Gasteiger partial charge in [0.1, 0.15) is 13.1 Å². The molecule has 1 rings (SSSR count). The largest absolute Gasteiger partial charge is 0.465 e. The topological polar surface area (TPSA) is 92.8 Å². The normalized spacial score (nSPS) is 12.1. The van der Waals surface area contributed by atoms with E-state index in [0.717, 1.165) is 28.6 Å². The number of carbonyl (C=O) groups is 2. The van der Waals surface area contributed by atoms with Crippen molar-refractivity contribution in [2.24, 2.45) is 0 Å². The molecule has 140 valence electrons.